The van der Waals surface area contributed by atoms with Gasteiger partial charge in [-0.15, -0.1) is 0 Å². The molecule has 1 fully saturated rings. The SMILES string of the molecule is CN1CC(=O)N2Cc3c(c4ccccc4n3Cc3ccc(C(=O)OC(C)(C)C)cc3)CC2C1=O. The summed E-state index contributed by atoms with van der Waals surface area (Å²) in [5, 5.41) is 1.12. The zero-order chi connectivity index (χ0) is 24.2. The number of fused-ring (bicyclic) bond motifs is 4. The van der Waals surface area contributed by atoms with Crippen molar-refractivity contribution in [3.63, 3.8) is 0 Å². The fraction of sp³-hybridized carbons (Fsp3) is 0.370. The molecular formula is C27H29N3O4. The Hall–Kier alpha value is -3.61. The van der Waals surface area contributed by atoms with E-state index in [2.05, 4.69) is 16.7 Å². The van der Waals surface area contributed by atoms with Crippen LogP contribution in [0.25, 0.3) is 10.9 Å². The molecule has 2 aliphatic heterocycles. The number of esters is 1. The Morgan fingerprint density at radius 1 is 1.03 bits per heavy atom. The minimum Gasteiger partial charge on any atom is -0.456 e. The molecule has 0 bridgehead atoms. The number of likely N-dealkylation sites (N-methyl/N-ethyl adjacent to an activating group) is 1. The van der Waals surface area contributed by atoms with Crippen molar-refractivity contribution < 1.29 is 19.1 Å². The van der Waals surface area contributed by atoms with Crippen LogP contribution in [-0.4, -0.2) is 57.4 Å². The normalized spacial score (nSPS) is 18.2. The van der Waals surface area contributed by atoms with Gasteiger partial charge in [0.05, 0.1) is 18.7 Å². The standard InChI is InChI=1S/C27H29N3O4/c1-27(2,3)34-26(33)18-11-9-17(10-12-18)14-29-21-8-6-5-7-19(21)20-13-22-25(32)28(4)16-24(31)30(22)15-23(20)29/h5-12,22H,13-16H2,1-4H3. The summed E-state index contributed by atoms with van der Waals surface area (Å²) >= 11 is 0. The number of amides is 2. The van der Waals surface area contributed by atoms with Gasteiger partial charge in [-0.1, -0.05) is 30.3 Å². The summed E-state index contributed by atoms with van der Waals surface area (Å²) in [5.41, 5.74) is 4.30. The molecule has 1 aromatic heterocycles. The van der Waals surface area contributed by atoms with Crippen LogP contribution < -0.4 is 0 Å². The third-order valence-corrected chi connectivity index (χ3v) is 6.57. The van der Waals surface area contributed by atoms with Gasteiger partial charge in [0.15, 0.2) is 0 Å². The van der Waals surface area contributed by atoms with Crippen LogP contribution in [0.4, 0.5) is 0 Å². The Kier molecular flexibility index (Phi) is 5.23. The molecule has 5 rings (SSSR count). The summed E-state index contributed by atoms with van der Waals surface area (Å²) < 4.78 is 7.70. The number of para-hydroxylation sites is 1. The zero-order valence-corrected chi connectivity index (χ0v) is 20.0. The van der Waals surface area contributed by atoms with Crippen molar-refractivity contribution in [1.82, 2.24) is 14.4 Å². The average Bonchev–Trinajstić information content (AvgIpc) is 3.09. The Bertz CT molecular complexity index is 1300. The van der Waals surface area contributed by atoms with E-state index >= 15 is 0 Å². The Labute approximate surface area is 198 Å². The first kappa shape index (κ1) is 22.2. The van der Waals surface area contributed by atoms with Crippen molar-refractivity contribution in [2.75, 3.05) is 13.6 Å². The van der Waals surface area contributed by atoms with Crippen molar-refractivity contribution in [2.45, 2.75) is 51.9 Å². The molecule has 3 heterocycles. The number of piperazine rings is 1. The Balaban J connectivity index is 1.49. The maximum absolute atomic E-state index is 12.8. The third kappa shape index (κ3) is 3.85. The highest BCUT2D eigenvalue weighted by molar-refractivity contribution is 5.97. The highest BCUT2D eigenvalue weighted by Gasteiger charge is 2.42. The monoisotopic (exact) mass is 459 g/mol. The molecule has 0 aliphatic carbocycles. The quantitative estimate of drug-likeness (QED) is 0.563. The van der Waals surface area contributed by atoms with Gasteiger partial charge in [0.1, 0.15) is 11.6 Å². The maximum atomic E-state index is 12.8. The second-order valence-corrected chi connectivity index (χ2v) is 10.2. The summed E-state index contributed by atoms with van der Waals surface area (Å²) in [4.78, 5) is 41.2. The molecule has 0 spiro atoms. The Morgan fingerprint density at radius 3 is 2.44 bits per heavy atom. The molecule has 0 saturated carbocycles. The maximum Gasteiger partial charge on any atom is 0.338 e. The average molecular weight is 460 g/mol. The van der Waals surface area contributed by atoms with E-state index in [1.54, 1.807) is 24.1 Å². The topological polar surface area (TPSA) is 71.8 Å². The largest absolute Gasteiger partial charge is 0.456 e. The van der Waals surface area contributed by atoms with E-state index in [0.717, 1.165) is 27.7 Å². The van der Waals surface area contributed by atoms with Gasteiger partial charge >= 0.3 is 5.97 Å². The highest BCUT2D eigenvalue weighted by atomic mass is 16.6. The van der Waals surface area contributed by atoms with Gasteiger partial charge in [0.25, 0.3) is 0 Å². The zero-order valence-electron chi connectivity index (χ0n) is 20.0. The van der Waals surface area contributed by atoms with Crippen molar-refractivity contribution >= 4 is 28.7 Å². The second-order valence-electron chi connectivity index (χ2n) is 10.2. The molecule has 0 radical (unpaired) electrons. The first-order valence-corrected chi connectivity index (χ1v) is 11.6. The van der Waals surface area contributed by atoms with Crippen molar-refractivity contribution in [3.8, 4) is 0 Å². The summed E-state index contributed by atoms with van der Waals surface area (Å²) in [5.74, 6) is -0.358. The second kappa shape index (κ2) is 8.01. The number of ether oxygens (including phenoxy) is 1. The minimum absolute atomic E-state index is 0.000173. The highest BCUT2D eigenvalue weighted by Crippen LogP contribution is 2.35. The van der Waals surface area contributed by atoms with Gasteiger partial charge in [0.2, 0.25) is 11.8 Å². The molecule has 0 N–H and O–H groups in total. The number of aromatic nitrogens is 1. The number of nitrogens with zero attached hydrogens (tertiary/aromatic N) is 3. The molecule has 1 unspecified atom stereocenters. The smallest absolute Gasteiger partial charge is 0.338 e. The van der Waals surface area contributed by atoms with Crippen LogP contribution in [-0.2, 0) is 33.8 Å². The first-order valence-electron chi connectivity index (χ1n) is 11.6. The van der Waals surface area contributed by atoms with E-state index in [4.69, 9.17) is 4.74 Å². The number of carbonyl (C=O) groups is 3. The molecule has 2 amide bonds. The van der Waals surface area contributed by atoms with E-state index in [1.807, 2.05) is 45.0 Å². The number of hydrogen-bond donors (Lipinski definition) is 0. The van der Waals surface area contributed by atoms with Crippen molar-refractivity contribution in [3.05, 3.63) is 70.9 Å². The molecule has 3 aromatic rings. The van der Waals surface area contributed by atoms with Gasteiger partial charge in [-0.25, -0.2) is 4.79 Å². The lowest BCUT2D eigenvalue weighted by Crippen LogP contribution is -2.60. The van der Waals surface area contributed by atoms with E-state index in [9.17, 15) is 14.4 Å². The molecule has 7 heteroatoms. The number of carbonyl (C=O) groups excluding carboxylic acids is 3. The fourth-order valence-electron chi connectivity index (χ4n) is 4.97. The van der Waals surface area contributed by atoms with Gasteiger partial charge in [-0.2, -0.15) is 0 Å². The predicted molar refractivity (Wildman–Crippen MR) is 128 cm³/mol. The van der Waals surface area contributed by atoms with Gasteiger partial charge in [-0.05, 0) is 50.1 Å². The molecule has 1 saturated heterocycles. The predicted octanol–water partition coefficient (Wildman–Crippen LogP) is 3.37. The summed E-state index contributed by atoms with van der Waals surface area (Å²) in [6.07, 6.45) is 0.523. The van der Waals surface area contributed by atoms with E-state index < -0.39 is 11.6 Å². The Morgan fingerprint density at radius 2 is 1.74 bits per heavy atom. The number of hydrogen-bond acceptors (Lipinski definition) is 4. The van der Waals surface area contributed by atoms with Crippen LogP contribution in [0.2, 0.25) is 0 Å². The lowest BCUT2D eigenvalue weighted by molar-refractivity contribution is -0.155. The van der Waals surface area contributed by atoms with Crippen LogP contribution >= 0.6 is 0 Å². The third-order valence-electron chi connectivity index (χ3n) is 6.57. The number of benzene rings is 2. The molecule has 2 aromatic carbocycles. The summed E-state index contributed by atoms with van der Waals surface area (Å²) in [6.45, 7) is 6.69. The van der Waals surface area contributed by atoms with Gasteiger partial charge in [-0.3, -0.25) is 9.59 Å². The lowest BCUT2D eigenvalue weighted by Gasteiger charge is -2.41. The lowest BCUT2D eigenvalue weighted by atomic mass is 9.94. The van der Waals surface area contributed by atoms with Gasteiger partial charge in [0, 0.05) is 36.6 Å². The molecule has 2 aliphatic rings. The summed E-state index contributed by atoms with van der Waals surface area (Å²) in [6, 6.07) is 15.2. The number of rotatable bonds is 3. The minimum atomic E-state index is -0.543. The van der Waals surface area contributed by atoms with E-state index in [0.29, 0.717) is 25.1 Å². The molecule has 34 heavy (non-hydrogen) atoms. The van der Waals surface area contributed by atoms with E-state index in [-0.39, 0.29) is 24.3 Å². The van der Waals surface area contributed by atoms with Crippen LogP contribution in [0.1, 0.15) is 48.0 Å². The van der Waals surface area contributed by atoms with Crippen LogP contribution in [0.3, 0.4) is 0 Å². The van der Waals surface area contributed by atoms with Crippen molar-refractivity contribution in [1.29, 1.82) is 0 Å². The summed E-state index contributed by atoms with van der Waals surface area (Å²) in [7, 11) is 1.69. The molecular weight excluding hydrogens is 430 g/mol. The van der Waals surface area contributed by atoms with Crippen molar-refractivity contribution in [2.24, 2.45) is 0 Å². The molecule has 176 valence electrons. The molecule has 7 nitrogen and oxygen atoms in total. The van der Waals surface area contributed by atoms with Crippen LogP contribution in [0, 0.1) is 0 Å². The first-order chi connectivity index (χ1) is 16.1. The van der Waals surface area contributed by atoms with E-state index in [1.165, 1.54) is 4.90 Å². The molecule has 1 atom stereocenters. The van der Waals surface area contributed by atoms with Gasteiger partial charge < -0.3 is 19.1 Å². The fourth-order valence-corrected chi connectivity index (χ4v) is 4.97. The van der Waals surface area contributed by atoms with Crippen LogP contribution in [0.15, 0.2) is 48.5 Å². The van der Waals surface area contributed by atoms with Crippen LogP contribution in [0.5, 0.6) is 0 Å².